The molecule has 2 aromatic carbocycles. The molecule has 2 aliphatic carbocycles. The number of fused-ring (bicyclic) bond motifs is 4. The van der Waals surface area contributed by atoms with Crippen LogP contribution in [0.4, 0.5) is 13.6 Å². The van der Waals surface area contributed by atoms with Gasteiger partial charge < -0.3 is 20.1 Å². The molecule has 33 heavy (non-hydrogen) atoms. The zero-order valence-corrected chi connectivity index (χ0v) is 17.5. The molecule has 6 rings (SSSR count). The molecule has 0 radical (unpaired) electrons. The Kier molecular flexibility index (Phi) is 5.07. The summed E-state index contributed by atoms with van der Waals surface area (Å²) in [4.78, 5) is 36.6. The third kappa shape index (κ3) is 3.51. The molecule has 172 valence electrons. The summed E-state index contributed by atoms with van der Waals surface area (Å²) in [6.45, 7) is -1.25. The first-order valence-corrected chi connectivity index (χ1v) is 10.8. The van der Waals surface area contributed by atoms with Crippen molar-refractivity contribution in [2.75, 3.05) is 19.7 Å². The number of halogens is 2. The number of hydrogen-bond acceptors (Lipinski definition) is 4. The second-order valence-electron chi connectivity index (χ2n) is 8.77. The van der Waals surface area contributed by atoms with Gasteiger partial charge in [-0.1, -0.05) is 48.5 Å². The summed E-state index contributed by atoms with van der Waals surface area (Å²) >= 11 is 0. The molecule has 3 unspecified atom stereocenters. The average Bonchev–Trinajstić information content (AvgIpc) is 3.46. The van der Waals surface area contributed by atoms with E-state index in [-0.39, 0.29) is 25.0 Å². The molecule has 9 heteroatoms. The number of ether oxygens (including phenoxy) is 1. The number of rotatable bonds is 6. The lowest BCUT2D eigenvalue weighted by molar-refractivity contribution is -0.159. The monoisotopic (exact) mass is 456 g/mol. The van der Waals surface area contributed by atoms with Crippen molar-refractivity contribution in [2.45, 2.75) is 24.3 Å². The lowest BCUT2D eigenvalue weighted by Crippen LogP contribution is -2.52. The zero-order valence-electron chi connectivity index (χ0n) is 17.5. The van der Waals surface area contributed by atoms with Gasteiger partial charge in [0, 0.05) is 18.5 Å². The number of carboxylic acids is 1. The molecule has 4 aliphatic rings. The van der Waals surface area contributed by atoms with Gasteiger partial charge >= 0.3 is 18.0 Å². The predicted molar refractivity (Wildman–Crippen MR) is 113 cm³/mol. The Labute approximate surface area is 188 Å². The number of nitrogens with one attached hydrogen (secondary N) is 1. The maximum absolute atomic E-state index is 14.5. The summed E-state index contributed by atoms with van der Waals surface area (Å²) in [5.74, 6) is -7.69. The minimum Gasteiger partial charge on any atom is -0.481 e. The third-order valence-corrected chi connectivity index (χ3v) is 6.96. The smallest absolute Gasteiger partial charge is 0.407 e. The van der Waals surface area contributed by atoms with Gasteiger partial charge in [0.25, 0.3) is 5.91 Å². The van der Waals surface area contributed by atoms with Gasteiger partial charge in [-0.25, -0.2) is 4.79 Å². The molecule has 3 fully saturated rings. The Balaban J connectivity index is 1.18. The standard InChI is InChI=1S/C24H22F2N2O5/c25-24(26,22(31)28-10-13-9-19(28)20(13)21(29)30)12-27-23(32)33-11-18-16-7-3-1-5-14(16)15-6-2-4-8-17(15)18/h1-8,13,18-20H,9-12H2,(H,27,32)(H,29,30). The zero-order chi connectivity index (χ0) is 23.3. The van der Waals surface area contributed by atoms with Crippen molar-refractivity contribution < 1.29 is 33.0 Å². The Bertz CT molecular complexity index is 1090. The van der Waals surface area contributed by atoms with Crippen molar-refractivity contribution in [3.63, 3.8) is 0 Å². The molecule has 0 aromatic heterocycles. The Morgan fingerprint density at radius 1 is 1.06 bits per heavy atom. The molecule has 3 atom stereocenters. The van der Waals surface area contributed by atoms with Gasteiger partial charge in [0.1, 0.15) is 6.61 Å². The van der Waals surface area contributed by atoms with Crippen molar-refractivity contribution in [1.82, 2.24) is 10.2 Å². The minimum absolute atomic E-state index is 0.000993. The summed E-state index contributed by atoms with van der Waals surface area (Å²) in [6.07, 6.45) is -0.628. The van der Waals surface area contributed by atoms with Gasteiger partial charge in [-0.3, -0.25) is 9.59 Å². The topological polar surface area (TPSA) is 95.9 Å². The Hall–Kier alpha value is -3.49. The van der Waals surface area contributed by atoms with E-state index in [0.717, 1.165) is 27.2 Å². The first-order valence-electron chi connectivity index (χ1n) is 10.8. The molecule has 2 saturated heterocycles. The number of aliphatic carboxylic acids is 1. The van der Waals surface area contributed by atoms with Crippen LogP contribution in [0.5, 0.6) is 0 Å². The molecular formula is C24H22F2N2O5. The second kappa shape index (κ2) is 7.83. The van der Waals surface area contributed by atoms with E-state index in [4.69, 9.17) is 9.84 Å². The highest BCUT2D eigenvalue weighted by Gasteiger charge is 2.60. The lowest BCUT2D eigenvalue weighted by atomic mass is 9.74. The highest BCUT2D eigenvalue weighted by Crippen LogP contribution is 2.47. The molecule has 2 bridgehead atoms. The number of hydrogen-bond donors (Lipinski definition) is 2. The van der Waals surface area contributed by atoms with Gasteiger partial charge in [0.05, 0.1) is 12.5 Å². The van der Waals surface area contributed by atoms with Gasteiger partial charge in [-0.2, -0.15) is 8.78 Å². The van der Waals surface area contributed by atoms with Crippen LogP contribution in [0, 0.1) is 11.8 Å². The van der Waals surface area contributed by atoms with Gasteiger partial charge in [0.15, 0.2) is 0 Å². The molecule has 2 heterocycles. The van der Waals surface area contributed by atoms with Crippen molar-refractivity contribution in [1.29, 1.82) is 0 Å². The summed E-state index contributed by atoms with van der Waals surface area (Å²) in [5, 5.41) is 11.2. The first-order chi connectivity index (χ1) is 15.8. The number of benzene rings is 2. The van der Waals surface area contributed by atoms with Crippen LogP contribution in [0.1, 0.15) is 23.5 Å². The number of carbonyl (C=O) groups is 3. The average molecular weight is 456 g/mol. The lowest BCUT2D eigenvalue weighted by Gasteiger charge is -2.34. The molecule has 0 spiro atoms. The number of alkyl halides is 2. The van der Waals surface area contributed by atoms with Gasteiger partial charge in [-0.15, -0.1) is 0 Å². The van der Waals surface area contributed by atoms with Crippen LogP contribution in [0.25, 0.3) is 11.1 Å². The van der Waals surface area contributed by atoms with Crippen molar-refractivity contribution in [3.8, 4) is 11.1 Å². The third-order valence-electron chi connectivity index (χ3n) is 6.96. The SMILES string of the molecule is O=C(NCC(F)(F)C(=O)N1CC2CC1C2C(=O)O)OCC1c2ccccc2-c2ccccc21. The highest BCUT2D eigenvalue weighted by molar-refractivity contribution is 5.87. The van der Waals surface area contributed by atoms with Crippen molar-refractivity contribution in [2.24, 2.45) is 11.8 Å². The number of amides is 2. The highest BCUT2D eigenvalue weighted by atomic mass is 19.3. The van der Waals surface area contributed by atoms with E-state index in [2.05, 4.69) is 0 Å². The summed E-state index contributed by atoms with van der Waals surface area (Å²) < 4.78 is 34.2. The fraction of sp³-hybridized carbons (Fsp3) is 0.375. The van der Waals surface area contributed by atoms with E-state index in [1.54, 1.807) is 0 Å². The summed E-state index contributed by atoms with van der Waals surface area (Å²) in [5.41, 5.74) is 4.08. The molecule has 2 amide bonds. The van der Waals surface area contributed by atoms with Crippen LogP contribution >= 0.6 is 0 Å². The van der Waals surface area contributed by atoms with E-state index in [0.29, 0.717) is 6.42 Å². The van der Waals surface area contributed by atoms with Crippen LogP contribution < -0.4 is 5.32 Å². The number of nitrogens with zero attached hydrogens (tertiary/aromatic N) is 1. The normalized spacial score (nSPS) is 22.8. The van der Waals surface area contributed by atoms with Gasteiger partial charge in [-0.05, 0) is 34.6 Å². The van der Waals surface area contributed by atoms with E-state index >= 15 is 0 Å². The molecule has 2 aliphatic heterocycles. The van der Waals surface area contributed by atoms with Crippen LogP contribution in [0.15, 0.2) is 48.5 Å². The maximum atomic E-state index is 14.5. The van der Waals surface area contributed by atoms with Crippen molar-refractivity contribution in [3.05, 3.63) is 59.7 Å². The second-order valence-corrected chi connectivity index (χ2v) is 8.77. The maximum Gasteiger partial charge on any atom is 0.407 e. The number of carboxylic acid groups (broad SMARTS) is 1. The largest absolute Gasteiger partial charge is 0.481 e. The molecule has 2 aromatic rings. The van der Waals surface area contributed by atoms with E-state index in [1.807, 2.05) is 53.8 Å². The van der Waals surface area contributed by atoms with Crippen LogP contribution in [-0.2, 0) is 14.3 Å². The van der Waals surface area contributed by atoms with Crippen LogP contribution in [0.3, 0.4) is 0 Å². The van der Waals surface area contributed by atoms with E-state index < -0.39 is 42.4 Å². The predicted octanol–water partition coefficient (Wildman–Crippen LogP) is 3.09. The molecule has 7 nitrogen and oxygen atoms in total. The van der Waals surface area contributed by atoms with Crippen molar-refractivity contribution >= 4 is 18.0 Å². The minimum atomic E-state index is -3.86. The molecule has 2 N–H and O–H groups in total. The fourth-order valence-electron chi connectivity index (χ4n) is 5.34. The quantitative estimate of drug-likeness (QED) is 0.697. The fourth-order valence-corrected chi connectivity index (χ4v) is 5.34. The number of alkyl carbamates (subject to hydrolysis) is 1. The van der Waals surface area contributed by atoms with Gasteiger partial charge in [0.2, 0.25) is 0 Å². The summed E-state index contributed by atoms with van der Waals surface area (Å²) in [6, 6.07) is 14.8. The van der Waals surface area contributed by atoms with E-state index in [9.17, 15) is 23.2 Å². The summed E-state index contributed by atoms with van der Waals surface area (Å²) in [7, 11) is 0. The molecule has 1 saturated carbocycles. The van der Waals surface area contributed by atoms with Crippen LogP contribution in [0.2, 0.25) is 0 Å². The Morgan fingerprint density at radius 2 is 1.67 bits per heavy atom. The molecular weight excluding hydrogens is 434 g/mol. The number of carbonyl (C=O) groups excluding carboxylic acids is 2. The van der Waals surface area contributed by atoms with Crippen LogP contribution in [-0.4, -0.2) is 59.6 Å². The Morgan fingerprint density at radius 3 is 2.24 bits per heavy atom. The first kappa shape index (κ1) is 21.4. The van der Waals surface area contributed by atoms with E-state index in [1.165, 1.54) is 0 Å².